The van der Waals surface area contributed by atoms with Gasteiger partial charge >= 0.3 is 5.97 Å². The van der Waals surface area contributed by atoms with Crippen LogP contribution in [0.3, 0.4) is 0 Å². The first kappa shape index (κ1) is 14.3. The van der Waals surface area contributed by atoms with Gasteiger partial charge in [0.25, 0.3) is 5.56 Å². The maximum absolute atomic E-state index is 12.2. The molecule has 22 heavy (non-hydrogen) atoms. The van der Waals surface area contributed by atoms with E-state index in [0.29, 0.717) is 21.5 Å². The van der Waals surface area contributed by atoms with Crippen molar-refractivity contribution >= 4 is 45.7 Å². The van der Waals surface area contributed by atoms with E-state index in [4.69, 9.17) is 16.7 Å². The lowest BCUT2D eigenvalue weighted by molar-refractivity contribution is -0.138. The first-order valence-electron chi connectivity index (χ1n) is 6.39. The fourth-order valence-electron chi connectivity index (χ4n) is 2.14. The fraction of sp³-hybridized carbons (Fsp3) is 0.143. The van der Waals surface area contributed by atoms with Crippen LogP contribution in [0.2, 0.25) is 0 Å². The van der Waals surface area contributed by atoms with Gasteiger partial charge in [0.15, 0.2) is 0 Å². The van der Waals surface area contributed by atoms with Crippen LogP contribution < -0.4 is 10.6 Å². The fourth-order valence-corrected chi connectivity index (χ4v) is 2.26. The third-order valence-electron chi connectivity index (χ3n) is 3.32. The van der Waals surface area contributed by atoms with Gasteiger partial charge in [-0.15, -0.1) is 0 Å². The molecule has 1 aliphatic rings. The third-order valence-corrected chi connectivity index (χ3v) is 3.54. The molecule has 8 heteroatoms. The van der Waals surface area contributed by atoms with Crippen LogP contribution in [0.25, 0.3) is 15.9 Å². The Labute approximate surface area is 129 Å². The summed E-state index contributed by atoms with van der Waals surface area (Å²) in [5.74, 6) is -1.49. The van der Waals surface area contributed by atoms with Crippen molar-refractivity contribution in [2.75, 3.05) is 11.6 Å². The highest BCUT2D eigenvalue weighted by Gasteiger charge is 2.26. The summed E-state index contributed by atoms with van der Waals surface area (Å²) in [6.07, 6.45) is 1.31. The molecule has 0 fully saturated rings. The summed E-state index contributed by atoms with van der Waals surface area (Å²) in [7, 11) is 0. The van der Waals surface area contributed by atoms with Crippen LogP contribution in [0, 0.1) is 5.92 Å². The van der Waals surface area contributed by atoms with Crippen LogP contribution >= 0.6 is 11.6 Å². The van der Waals surface area contributed by atoms with Crippen molar-refractivity contribution in [3.63, 3.8) is 0 Å². The summed E-state index contributed by atoms with van der Waals surface area (Å²) in [4.78, 5) is 30.0. The van der Waals surface area contributed by atoms with Gasteiger partial charge in [-0.2, -0.15) is 5.10 Å². The first-order chi connectivity index (χ1) is 10.5. The smallest absolute Gasteiger partial charge is 0.313 e. The highest BCUT2D eigenvalue weighted by molar-refractivity contribution is 6.48. The molecule has 1 aromatic carbocycles. The monoisotopic (exact) mass is 318 g/mol. The SMILES string of the molecule is C=C(Cl)c1ccc2nc(N3CC(C(=O)O)C=N3)[nH]c(=O)c2c1. The maximum Gasteiger partial charge on any atom is 0.313 e. The Morgan fingerprint density at radius 3 is 2.91 bits per heavy atom. The number of nitrogens with one attached hydrogen (secondary N) is 1. The molecule has 0 radical (unpaired) electrons. The highest BCUT2D eigenvalue weighted by Crippen LogP contribution is 2.21. The van der Waals surface area contributed by atoms with Crippen molar-refractivity contribution in [1.82, 2.24) is 9.97 Å². The molecule has 0 aliphatic carbocycles. The number of aromatic nitrogens is 2. The summed E-state index contributed by atoms with van der Waals surface area (Å²) in [5.41, 5.74) is 0.752. The van der Waals surface area contributed by atoms with Crippen LogP contribution in [-0.4, -0.2) is 33.8 Å². The van der Waals surface area contributed by atoms with Crippen molar-refractivity contribution in [1.29, 1.82) is 0 Å². The van der Waals surface area contributed by atoms with Crippen molar-refractivity contribution in [2.45, 2.75) is 0 Å². The normalized spacial score (nSPS) is 17.1. The molecular weight excluding hydrogens is 308 g/mol. The number of rotatable bonds is 3. The van der Waals surface area contributed by atoms with Gasteiger partial charge in [-0.3, -0.25) is 14.6 Å². The zero-order valence-corrected chi connectivity index (χ0v) is 12.0. The second kappa shape index (κ2) is 5.27. The topological polar surface area (TPSA) is 98.7 Å². The number of nitrogens with zero attached hydrogens (tertiary/aromatic N) is 3. The summed E-state index contributed by atoms with van der Waals surface area (Å²) < 4.78 is 0. The molecule has 112 valence electrons. The Morgan fingerprint density at radius 2 is 2.27 bits per heavy atom. The summed E-state index contributed by atoms with van der Waals surface area (Å²) in [6.45, 7) is 3.74. The molecule has 1 unspecified atom stereocenters. The number of hydrazone groups is 1. The van der Waals surface area contributed by atoms with E-state index in [9.17, 15) is 9.59 Å². The van der Waals surface area contributed by atoms with E-state index in [2.05, 4.69) is 21.6 Å². The summed E-state index contributed by atoms with van der Waals surface area (Å²) in [6, 6.07) is 4.97. The maximum atomic E-state index is 12.2. The number of benzene rings is 1. The third kappa shape index (κ3) is 2.46. The van der Waals surface area contributed by atoms with E-state index < -0.39 is 11.9 Å². The molecule has 2 aromatic rings. The van der Waals surface area contributed by atoms with Crippen molar-refractivity contribution in [3.05, 3.63) is 40.7 Å². The largest absolute Gasteiger partial charge is 0.481 e. The van der Waals surface area contributed by atoms with Gasteiger partial charge in [-0.1, -0.05) is 24.2 Å². The van der Waals surface area contributed by atoms with Crippen LogP contribution in [-0.2, 0) is 4.79 Å². The second-order valence-electron chi connectivity index (χ2n) is 4.82. The Bertz CT molecular complexity index is 874. The average molecular weight is 319 g/mol. The standard InChI is InChI=1S/C14H11ClN4O3/c1-7(15)8-2-3-11-10(4-8)12(20)18-14(17-11)19-6-9(5-16-19)13(21)22/h2-5,9H,1,6H2,(H,21,22)(H,17,18,20). The van der Waals surface area contributed by atoms with Crippen LogP contribution in [0.15, 0.2) is 34.7 Å². The van der Waals surface area contributed by atoms with E-state index in [0.717, 1.165) is 0 Å². The van der Waals surface area contributed by atoms with Gasteiger partial charge < -0.3 is 5.11 Å². The van der Waals surface area contributed by atoms with E-state index in [1.54, 1.807) is 18.2 Å². The number of aromatic amines is 1. The Hall–Kier alpha value is -2.67. The number of hydrogen-bond donors (Lipinski definition) is 2. The van der Waals surface area contributed by atoms with E-state index in [1.165, 1.54) is 11.2 Å². The Morgan fingerprint density at radius 1 is 1.50 bits per heavy atom. The summed E-state index contributed by atoms with van der Waals surface area (Å²) >= 11 is 5.83. The van der Waals surface area contributed by atoms with Gasteiger partial charge in [0, 0.05) is 11.2 Å². The quantitative estimate of drug-likeness (QED) is 0.896. The average Bonchev–Trinajstić information content (AvgIpc) is 2.96. The number of halogens is 1. The van der Waals surface area contributed by atoms with E-state index in [1.807, 2.05) is 0 Å². The van der Waals surface area contributed by atoms with Gasteiger partial charge in [-0.25, -0.2) is 9.99 Å². The lowest BCUT2D eigenvalue weighted by Gasteiger charge is -2.13. The second-order valence-corrected chi connectivity index (χ2v) is 5.27. The van der Waals surface area contributed by atoms with E-state index >= 15 is 0 Å². The van der Waals surface area contributed by atoms with Crippen molar-refractivity contribution < 1.29 is 9.90 Å². The predicted octanol–water partition coefficient (Wildman–Crippen LogP) is 1.64. The van der Waals surface area contributed by atoms with E-state index in [-0.39, 0.29) is 18.1 Å². The molecule has 1 aromatic heterocycles. The Balaban J connectivity index is 2.02. The number of hydrogen-bond acceptors (Lipinski definition) is 5. The molecule has 1 atom stereocenters. The number of aliphatic carboxylic acids is 1. The lowest BCUT2D eigenvalue weighted by atomic mass is 10.1. The molecular formula is C14H11ClN4O3. The first-order valence-corrected chi connectivity index (χ1v) is 6.77. The zero-order valence-electron chi connectivity index (χ0n) is 11.3. The molecule has 0 bridgehead atoms. The highest BCUT2D eigenvalue weighted by atomic mass is 35.5. The number of carbonyl (C=O) groups is 1. The molecule has 1 aliphatic heterocycles. The minimum atomic E-state index is -0.973. The number of H-pyrrole nitrogens is 1. The van der Waals surface area contributed by atoms with Gasteiger partial charge in [0.05, 0.1) is 17.4 Å². The number of anilines is 1. The number of carboxylic acid groups (broad SMARTS) is 1. The molecule has 3 rings (SSSR count). The minimum Gasteiger partial charge on any atom is -0.481 e. The van der Waals surface area contributed by atoms with Gasteiger partial charge in [-0.05, 0) is 17.7 Å². The van der Waals surface area contributed by atoms with Crippen molar-refractivity contribution in [3.8, 4) is 0 Å². The van der Waals surface area contributed by atoms with Gasteiger partial charge in [0.2, 0.25) is 5.95 Å². The molecule has 0 amide bonds. The Kier molecular flexibility index (Phi) is 3.42. The molecule has 0 spiro atoms. The molecule has 0 saturated carbocycles. The van der Waals surface area contributed by atoms with Crippen LogP contribution in [0.4, 0.5) is 5.95 Å². The predicted molar refractivity (Wildman–Crippen MR) is 84.2 cm³/mol. The van der Waals surface area contributed by atoms with Crippen molar-refractivity contribution in [2.24, 2.45) is 11.0 Å². The molecule has 2 N–H and O–H groups in total. The number of carboxylic acids is 1. The lowest BCUT2D eigenvalue weighted by Crippen LogP contribution is -2.26. The minimum absolute atomic E-state index is 0.125. The number of fused-ring (bicyclic) bond motifs is 1. The molecule has 0 saturated heterocycles. The molecule has 2 heterocycles. The van der Waals surface area contributed by atoms with Gasteiger partial charge in [0.1, 0.15) is 5.92 Å². The van der Waals surface area contributed by atoms with Crippen LogP contribution in [0.1, 0.15) is 5.56 Å². The molecule has 7 nitrogen and oxygen atoms in total. The summed E-state index contributed by atoms with van der Waals surface area (Å²) in [5, 5.41) is 15.0. The zero-order chi connectivity index (χ0) is 15.9. The van der Waals surface area contributed by atoms with Crippen LogP contribution in [0.5, 0.6) is 0 Å².